The number of carbonyl (C=O) groups excluding carboxylic acids is 1. The van der Waals surface area contributed by atoms with Crippen molar-refractivity contribution in [2.75, 3.05) is 23.8 Å². The van der Waals surface area contributed by atoms with Crippen LogP contribution in [-0.2, 0) is 0 Å². The van der Waals surface area contributed by atoms with Crippen LogP contribution in [0, 0.1) is 0 Å². The van der Waals surface area contributed by atoms with Gasteiger partial charge in [0.1, 0.15) is 5.75 Å². The van der Waals surface area contributed by atoms with Gasteiger partial charge >= 0.3 is 0 Å². The number of para-hydroxylation sites is 3. The lowest BCUT2D eigenvalue weighted by Crippen LogP contribution is -2.24. The molecule has 5 heteroatoms. The van der Waals surface area contributed by atoms with Gasteiger partial charge in [0.2, 0.25) is 0 Å². The maximum atomic E-state index is 11.7. The molecule has 4 N–H and O–H groups in total. The normalized spacial score (nSPS) is 14.0. The largest absolute Gasteiger partial charge is 0.491 e. The smallest absolute Gasteiger partial charge is 0.250 e. The molecule has 1 amide bonds. The zero-order chi connectivity index (χ0) is 14.8. The molecule has 0 saturated carbocycles. The monoisotopic (exact) mass is 283 g/mol. The first-order chi connectivity index (χ1) is 10.2. The summed E-state index contributed by atoms with van der Waals surface area (Å²) >= 11 is 0. The van der Waals surface area contributed by atoms with Crippen molar-refractivity contribution in [2.45, 2.75) is 6.42 Å². The van der Waals surface area contributed by atoms with Gasteiger partial charge in [-0.15, -0.1) is 0 Å². The summed E-state index contributed by atoms with van der Waals surface area (Å²) in [4.78, 5) is 13.7. The average Bonchev–Trinajstić information content (AvgIpc) is 2.69. The third-order valence-electron chi connectivity index (χ3n) is 3.54. The van der Waals surface area contributed by atoms with Crippen LogP contribution in [0.3, 0.4) is 0 Å². The van der Waals surface area contributed by atoms with E-state index < -0.39 is 5.91 Å². The first-order valence-corrected chi connectivity index (χ1v) is 6.86. The number of anilines is 3. The van der Waals surface area contributed by atoms with Crippen molar-refractivity contribution in [3.05, 3.63) is 48.0 Å². The number of ether oxygens (including phenoxy) is 1. The molecule has 1 aliphatic rings. The van der Waals surface area contributed by atoms with E-state index in [-0.39, 0.29) is 0 Å². The number of primary amides is 1. The van der Waals surface area contributed by atoms with Crippen LogP contribution < -0.4 is 21.1 Å². The molecule has 0 radical (unpaired) electrons. The molecule has 21 heavy (non-hydrogen) atoms. The first-order valence-electron chi connectivity index (χ1n) is 6.86. The lowest BCUT2D eigenvalue weighted by Gasteiger charge is -2.27. The van der Waals surface area contributed by atoms with Crippen molar-refractivity contribution in [1.82, 2.24) is 0 Å². The fraction of sp³-hybridized carbons (Fsp3) is 0.188. The summed E-state index contributed by atoms with van der Waals surface area (Å²) in [5.74, 6) is 0.300. The molecule has 0 aliphatic carbocycles. The molecule has 3 rings (SSSR count). The summed E-state index contributed by atoms with van der Waals surface area (Å²) in [5.41, 5.74) is 14.1. The Kier molecular flexibility index (Phi) is 3.39. The van der Waals surface area contributed by atoms with E-state index in [1.165, 1.54) is 0 Å². The van der Waals surface area contributed by atoms with Crippen molar-refractivity contribution in [3.63, 3.8) is 0 Å². The molecule has 0 bridgehead atoms. The van der Waals surface area contributed by atoms with Gasteiger partial charge in [-0.3, -0.25) is 4.79 Å². The van der Waals surface area contributed by atoms with Crippen molar-refractivity contribution in [1.29, 1.82) is 0 Å². The van der Waals surface area contributed by atoms with Gasteiger partial charge < -0.3 is 21.1 Å². The van der Waals surface area contributed by atoms with Gasteiger partial charge in [0.15, 0.2) is 0 Å². The summed E-state index contributed by atoms with van der Waals surface area (Å²) in [6, 6.07) is 12.9. The van der Waals surface area contributed by atoms with E-state index in [0.29, 0.717) is 30.1 Å². The van der Waals surface area contributed by atoms with E-state index in [2.05, 4.69) is 0 Å². The molecule has 108 valence electrons. The number of hydrogen-bond donors (Lipinski definition) is 2. The number of nitrogen functional groups attached to an aromatic ring is 1. The third kappa shape index (κ3) is 2.38. The Labute approximate surface area is 123 Å². The Bertz CT molecular complexity index is 685. The highest BCUT2D eigenvalue weighted by molar-refractivity contribution is 6.02. The first kappa shape index (κ1) is 13.3. The van der Waals surface area contributed by atoms with Crippen LogP contribution in [0.4, 0.5) is 17.1 Å². The van der Waals surface area contributed by atoms with Gasteiger partial charge in [-0.25, -0.2) is 0 Å². The lowest BCUT2D eigenvalue weighted by molar-refractivity contribution is 0.100. The average molecular weight is 283 g/mol. The minimum Gasteiger partial charge on any atom is -0.491 e. The zero-order valence-corrected chi connectivity index (χ0v) is 11.6. The van der Waals surface area contributed by atoms with Gasteiger partial charge in [0.25, 0.3) is 5.91 Å². The summed E-state index contributed by atoms with van der Waals surface area (Å²) in [5, 5.41) is 0. The molecule has 0 fully saturated rings. The topological polar surface area (TPSA) is 81.6 Å². The number of nitrogens with zero attached hydrogens (tertiary/aromatic N) is 1. The molecule has 0 aromatic heterocycles. The van der Waals surface area contributed by atoms with Gasteiger partial charge in [-0.2, -0.15) is 0 Å². The molecule has 0 atom stereocenters. The van der Waals surface area contributed by atoms with E-state index in [1.54, 1.807) is 18.2 Å². The van der Waals surface area contributed by atoms with E-state index in [4.69, 9.17) is 16.2 Å². The molecule has 2 aromatic rings. The van der Waals surface area contributed by atoms with E-state index >= 15 is 0 Å². The van der Waals surface area contributed by atoms with Gasteiger partial charge in [-0.1, -0.05) is 18.2 Å². The summed E-state index contributed by atoms with van der Waals surface area (Å²) in [6.45, 7) is 1.34. The SMILES string of the molecule is NC(=O)c1cccc(N)c1N1CCCOc2ccccc21. The minimum atomic E-state index is -0.486. The maximum absolute atomic E-state index is 11.7. The number of hydrogen-bond acceptors (Lipinski definition) is 4. The molecule has 1 heterocycles. The predicted molar refractivity (Wildman–Crippen MR) is 82.9 cm³/mol. The lowest BCUT2D eigenvalue weighted by atomic mass is 10.1. The van der Waals surface area contributed by atoms with Crippen molar-refractivity contribution in [3.8, 4) is 5.75 Å². The Hall–Kier alpha value is -2.69. The van der Waals surface area contributed by atoms with E-state index in [1.807, 2.05) is 29.2 Å². The van der Waals surface area contributed by atoms with Crippen LogP contribution in [-0.4, -0.2) is 19.1 Å². The van der Waals surface area contributed by atoms with Crippen LogP contribution in [0.1, 0.15) is 16.8 Å². The number of nitrogens with two attached hydrogens (primary N) is 2. The molecule has 2 aromatic carbocycles. The number of carbonyl (C=O) groups is 1. The van der Waals surface area contributed by atoms with Crippen LogP contribution in [0.2, 0.25) is 0 Å². The number of fused-ring (bicyclic) bond motifs is 1. The van der Waals surface area contributed by atoms with Gasteiger partial charge in [0.05, 0.1) is 29.2 Å². The molecule has 0 saturated heterocycles. The Morgan fingerprint density at radius 1 is 1.14 bits per heavy atom. The molecular formula is C16H17N3O2. The second-order valence-electron chi connectivity index (χ2n) is 4.93. The van der Waals surface area contributed by atoms with Crippen molar-refractivity contribution >= 4 is 23.0 Å². The Morgan fingerprint density at radius 2 is 1.95 bits per heavy atom. The standard InChI is InChI=1S/C16H17N3O2/c17-12-6-3-5-11(16(18)20)15(12)19-9-4-10-21-14-8-2-1-7-13(14)19/h1-3,5-8H,4,9-10,17H2,(H2,18,20). The molecule has 1 aliphatic heterocycles. The second kappa shape index (κ2) is 5.36. The highest BCUT2D eigenvalue weighted by atomic mass is 16.5. The molecular weight excluding hydrogens is 266 g/mol. The third-order valence-corrected chi connectivity index (χ3v) is 3.54. The van der Waals surface area contributed by atoms with E-state index in [9.17, 15) is 4.79 Å². The van der Waals surface area contributed by atoms with Crippen molar-refractivity contribution in [2.24, 2.45) is 5.73 Å². The fourth-order valence-electron chi connectivity index (χ4n) is 2.62. The molecule has 0 unspecified atom stereocenters. The summed E-state index contributed by atoms with van der Waals surface area (Å²) < 4.78 is 5.74. The van der Waals surface area contributed by atoms with E-state index in [0.717, 1.165) is 17.9 Å². The van der Waals surface area contributed by atoms with Crippen molar-refractivity contribution < 1.29 is 9.53 Å². The molecule has 5 nitrogen and oxygen atoms in total. The highest BCUT2D eigenvalue weighted by Crippen LogP contribution is 2.39. The number of benzene rings is 2. The van der Waals surface area contributed by atoms with Crippen LogP contribution in [0.5, 0.6) is 5.75 Å². The number of amides is 1. The predicted octanol–water partition coefficient (Wildman–Crippen LogP) is 2.29. The Morgan fingerprint density at radius 3 is 2.76 bits per heavy atom. The number of rotatable bonds is 2. The highest BCUT2D eigenvalue weighted by Gasteiger charge is 2.23. The fourth-order valence-corrected chi connectivity index (χ4v) is 2.62. The Balaban J connectivity index is 2.19. The minimum absolute atomic E-state index is 0.423. The summed E-state index contributed by atoms with van der Waals surface area (Å²) in [6.07, 6.45) is 0.835. The van der Waals surface area contributed by atoms with Gasteiger partial charge in [0, 0.05) is 6.54 Å². The van der Waals surface area contributed by atoms with Crippen LogP contribution >= 0.6 is 0 Å². The summed E-state index contributed by atoms with van der Waals surface area (Å²) in [7, 11) is 0. The second-order valence-corrected chi connectivity index (χ2v) is 4.93. The van der Waals surface area contributed by atoms with Crippen LogP contribution in [0.15, 0.2) is 42.5 Å². The van der Waals surface area contributed by atoms with Gasteiger partial charge in [-0.05, 0) is 30.7 Å². The molecule has 0 spiro atoms. The maximum Gasteiger partial charge on any atom is 0.250 e. The zero-order valence-electron chi connectivity index (χ0n) is 11.6. The quantitative estimate of drug-likeness (QED) is 0.828. The van der Waals surface area contributed by atoms with Crippen LogP contribution in [0.25, 0.3) is 0 Å².